The highest BCUT2D eigenvalue weighted by atomic mass is 19.1. The number of halogens is 1. The van der Waals surface area contributed by atoms with Crippen LogP contribution in [-0.4, -0.2) is 54.9 Å². The highest BCUT2D eigenvalue weighted by Crippen LogP contribution is 2.24. The molecule has 0 bridgehead atoms. The quantitative estimate of drug-likeness (QED) is 0.620. The van der Waals surface area contributed by atoms with Gasteiger partial charge in [0.25, 0.3) is 11.8 Å². The molecule has 34 heavy (non-hydrogen) atoms. The number of hydrogen-bond acceptors (Lipinski definition) is 4. The predicted molar refractivity (Wildman–Crippen MR) is 127 cm³/mol. The number of ether oxygens (including phenoxy) is 1. The number of methoxy groups -OCH3 is 1. The standard InChI is InChI=1S/C26H32FN3O4/c1-4-17(2)28-25(32)23(29-24(31)19-8-7-9-20(16-19)34-3)18-12-14-30(15-13-18)26(33)21-10-5-6-11-22(21)27/h5-11,16-18,23H,4,12-15H2,1-3H3,(H,28,32)(H,29,31)/t17-,23-/m1/s1. The van der Waals surface area contributed by atoms with E-state index in [1.54, 1.807) is 41.3 Å². The summed E-state index contributed by atoms with van der Waals surface area (Å²) in [7, 11) is 1.52. The van der Waals surface area contributed by atoms with E-state index in [2.05, 4.69) is 10.6 Å². The summed E-state index contributed by atoms with van der Waals surface area (Å²) in [6.07, 6.45) is 1.78. The van der Waals surface area contributed by atoms with Gasteiger partial charge in [-0.25, -0.2) is 4.39 Å². The van der Waals surface area contributed by atoms with Crippen molar-refractivity contribution in [1.29, 1.82) is 0 Å². The summed E-state index contributed by atoms with van der Waals surface area (Å²) in [6.45, 7) is 4.63. The Balaban J connectivity index is 1.72. The summed E-state index contributed by atoms with van der Waals surface area (Å²) in [4.78, 5) is 40.4. The molecule has 0 spiro atoms. The minimum Gasteiger partial charge on any atom is -0.497 e. The summed E-state index contributed by atoms with van der Waals surface area (Å²) >= 11 is 0. The Bertz CT molecular complexity index is 1020. The number of hydrogen-bond donors (Lipinski definition) is 2. The van der Waals surface area contributed by atoms with Crippen molar-refractivity contribution < 1.29 is 23.5 Å². The van der Waals surface area contributed by atoms with E-state index in [4.69, 9.17) is 4.74 Å². The second-order valence-electron chi connectivity index (χ2n) is 8.61. The Labute approximate surface area is 199 Å². The minimum absolute atomic E-state index is 0.0357. The average molecular weight is 470 g/mol. The van der Waals surface area contributed by atoms with Crippen molar-refractivity contribution in [2.24, 2.45) is 5.92 Å². The maximum atomic E-state index is 14.1. The van der Waals surface area contributed by atoms with E-state index in [1.165, 1.54) is 19.2 Å². The lowest BCUT2D eigenvalue weighted by molar-refractivity contribution is -0.125. The van der Waals surface area contributed by atoms with Gasteiger partial charge in [-0.3, -0.25) is 14.4 Å². The Morgan fingerprint density at radius 1 is 1.09 bits per heavy atom. The second-order valence-corrected chi connectivity index (χ2v) is 8.61. The summed E-state index contributed by atoms with van der Waals surface area (Å²) in [5, 5.41) is 5.86. The number of amides is 3. The summed E-state index contributed by atoms with van der Waals surface area (Å²) in [5.41, 5.74) is 0.436. The SMILES string of the molecule is CC[C@@H](C)NC(=O)[C@H](NC(=O)c1cccc(OC)c1)C1CCN(C(=O)c2ccccc2F)CC1. The van der Waals surface area contributed by atoms with Crippen molar-refractivity contribution in [3.8, 4) is 5.75 Å². The van der Waals surface area contributed by atoms with Gasteiger partial charge in [0, 0.05) is 24.7 Å². The third-order valence-electron chi connectivity index (χ3n) is 6.30. The first-order chi connectivity index (χ1) is 16.3. The van der Waals surface area contributed by atoms with Crippen molar-refractivity contribution in [3.05, 3.63) is 65.5 Å². The molecule has 0 unspecified atom stereocenters. The van der Waals surface area contributed by atoms with Gasteiger partial charge in [-0.05, 0) is 62.4 Å². The van der Waals surface area contributed by atoms with Crippen LogP contribution in [0.15, 0.2) is 48.5 Å². The zero-order valence-corrected chi connectivity index (χ0v) is 19.8. The van der Waals surface area contributed by atoms with Crippen LogP contribution >= 0.6 is 0 Å². The van der Waals surface area contributed by atoms with E-state index in [0.717, 1.165) is 6.42 Å². The molecule has 2 atom stereocenters. The molecule has 0 aromatic heterocycles. The normalized spacial score (nSPS) is 15.8. The third-order valence-corrected chi connectivity index (χ3v) is 6.30. The molecule has 3 rings (SSSR count). The van der Waals surface area contributed by atoms with E-state index < -0.39 is 11.9 Å². The molecule has 2 N–H and O–H groups in total. The zero-order valence-electron chi connectivity index (χ0n) is 19.8. The molecule has 2 aromatic rings. The van der Waals surface area contributed by atoms with Crippen LogP contribution in [0.25, 0.3) is 0 Å². The van der Waals surface area contributed by atoms with Gasteiger partial charge < -0.3 is 20.3 Å². The monoisotopic (exact) mass is 469 g/mol. The first-order valence-corrected chi connectivity index (χ1v) is 11.6. The van der Waals surface area contributed by atoms with Crippen molar-refractivity contribution in [1.82, 2.24) is 15.5 Å². The average Bonchev–Trinajstić information content (AvgIpc) is 2.87. The number of likely N-dealkylation sites (tertiary alicyclic amines) is 1. The molecular weight excluding hydrogens is 437 g/mol. The lowest BCUT2D eigenvalue weighted by atomic mass is 9.88. The molecule has 3 amide bonds. The highest BCUT2D eigenvalue weighted by Gasteiger charge is 2.35. The molecule has 1 heterocycles. The molecule has 0 saturated carbocycles. The van der Waals surface area contributed by atoms with E-state index in [-0.39, 0.29) is 35.2 Å². The van der Waals surface area contributed by atoms with Gasteiger partial charge in [0.05, 0.1) is 12.7 Å². The molecule has 2 aromatic carbocycles. The number of carbonyl (C=O) groups excluding carboxylic acids is 3. The van der Waals surface area contributed by atoms with Crippen LogP contribution in [0.4, 0.5) is 4.39 Å². The van der Waals surface area contributed by atoms with Gasteiger partial charge >= 0.3 is 0 Å². The number of rotatable bonds is 8. The molecular formula is C26H32FN3O4. The first kappa shape index (κ1) is 25.2. The van der Waals surface area contributed by atoms with Crippen molar-refractivity contribution in [2.45, 2.75) is 45.2 Å². The molecule has 8 heteroatoms. The lowest BCUT2D eigenvalue weighted by Crippen LogP contribution is -2.55. The molecule has 0 aliphatic carbocycles. The van der Waals surface area contributed by atoms with E-state index >= 15 is 0 Å². The van der Waals surface area contributed by atoms with Crippen LogP contribution in [0.5, 0.6) is 5.75 Å². The summed E-state index contributed by atoms with van der Waals surface area (Å²) < 4.78 is 19.3. The first-order valence-electron chi connectivity index (χ1n) is 11.6. The largest absolute Gasteiger partial charge is 0.497 e. The lowest BCUT2D eigenvalue weighted by Gasteiger charge is -2.36. The van der Waals surface area contributed by atoms with Gasteiger partial charge in [0.15, 0.2) is 0 Å². The van der Waals surface area contributed by atoms with E-state index in [9.17, 15) is 18.8 Å². The van der Waals surface area contributed by atoms with E-state index in [0.29, 0.717) is 37.2 Å². The minimum atomic E-state index is -0.751. The number of carbonyl (C=O) groups is 3. The Morgan fingerprint density at radius 3 is 2.44 bits per heavy atom. The van der Waals surface area contributed by atoms with Crippen LogP contribution in [0.1, 0.15) is 53.8 Å². The van der Waals surface area contributed by atoms with Crippen molar-refractivity contribution in [2.75, 3.05) is 20.2 Å². The highest BCUT2D eigenvalue weighted by molar-refractivity contribution is 5.98. The Kier molecular flexibility index (Phi) is 8.62. The van der Waals surface area contributed by atoms with Gasteiger partial charge in [-0.2, -0.15) is 0 Å². The predicted octanol–water partition coefficient (Wildman–Crippen LogP) is 3.40. The van der Waals surface area contributed by atoms with Crippen LogP contribution < -0.4 is 15.4 Å². The van der Waals surface area contributed by atoms with Gasteiger partial charge in [0.1, 0.15) is 17.6 Å². The third kappa shape index (κ3) is 6.12. The maximum absolute atomic E-state index is 14.1. The topological polar surface area (TPSA) is 87.7 Å². The Morgan fingerprint density at radius 2 is 1.79 bits per heavy atom. The fourth-order valence-corrected chi connectivity index (χ4v) is 4.06. The van der Waals surface area contributed by atoms with Crippen molar-refractivity contribution >= 4 is 17.7 Å². The van der Waals surface area contributed by atoms with Crippen LogP contribution in [-0.2, 0) is 4.79 Å². The molecule has 1 fully saturated rings. The number of nitrogens with zero attached hydrogens (tertiary/aromatic N) is 1. The van der Waals surface area contributed by atoms with E-state index in [1.807, 2.05) is 13.8 Å². The molecule has 1 aliphatic rings. The summed E-state index contributed by atoms with van der Waals surface area (Å²) in [5.74, 6) is -1.14. The molecule has 1 aliphatic heterocycles. The smallest absolute Gasteiger partial charge is 0.256 e. The number of nitrogens with one attached hydrogen (secondary N) is 2. The van der Waals surface area contributed by atoms with Gasteiger partial charge in [-0.1, -0.05) is 25.1 Å². The van der Waals surface area contributed by atoms with Crippen molar-refractivity contribution in [3.63, 3.8) is 0 Å². The van der Waals surface area contributed by atoms with Gasteiger partial charge in [-0.15, -0.1) is 0 Å². The molecule has 182 valence electrons. The second kappa shape index (κ2) is 11.6. The fourth-order valence-electron chi connectivity index (χ4n) is 4.06. The van der Waals surface area contributed by atoms with Crippen LogP contribution in [0.2, 0.25) is 0 Å². The molecule has 1 saturated heterocycles. The molecule has 7 nitrogen and oxygen atoms in total. The number of piperidine rings is 1. The fraction of sp³-hybridized carbons (Fsp3) is 0.423. The van der Waals surface area contributed by atoms with Crippen LogP contribution in [0, 0.1) is 11.7 Å². The number of benzene rings is 2. The zero-order chi connectivity index (χ0) is 24.7. The maximum Gasteiger partial charge on any atom is 0.256 e. The Hall–Kier alpha value is -3.42. The van der Waals surface area contributed by atoms with Gasteiger partial charge in [0.2, 0.25) is 5.91 Å². The summed E-state index contributed by atoms with van der Waals surface area (Å²) in [6, 6.07) is 11.9. The molecule has 0 radical (unpaired) electrons. The van der Waals surface area contributed by atoms with Crippen LogP contribution in [0.3, 0.4) is 0 Å².